The zero-order valence-electron chi connectivity index (χ0n) is 9.87. The van der Waals surface area contributed by atoms with Crippen LogP contribution in [0.15, 0.2) is 28.7 Å². The van der Waals surface area contributed by atoms with Crippen molar-refractivity contribution < 1.29 is 4.79 Å². The second-order valence-corrected chi connectivity index (χ2v) is 5.14. The average Bonchev–Trinajstić information content (AvgIpc) is 2.61. The van der Waals surface area contributed by atoms with Gasteiger partial charge in [0, 0.05) is 23.2 Å². The Labute approximate surface area is 118 Å². The van der Waals surface area contributed by atoms with Gasteiger partial charge in [-0.1, -0.05) is 11.6 Å². The first kappa shape index (κ1) is 13.1. The van der Waals surface area contributed by atoms with Crippen LogP contribution in [0.1, 0.15) is 16.1 Å². The molecule has 0 spiro atoms. The standard InChI is InChI=1S/C12H11BrClN3O/c1-7-5-11(17(2)16-7)15-12(18)8-3-4-9(13)10(14)6-8/h3-6H,1-2H3,(H,15,18). The molecule has 2 rings (SSSR count). The highest BCUT2D eigenvalue weighted by molar-refractivity contribution is 9.10. The maximum Gasteiger partial charge on any atom is 0.256 e. The van der Waals surface area contributed by atoms with E-state index in [2.05, 4.69) is 26.3 Å². The first-order chi connectivity index (χ1) is 8.47. The number of nitrogens with zero attached hydrogens (tertiary/aromatic N) is 2. The van der Waals surface area contributed by atoms with Gasteiger partial charge in [-0.2, -0.15) is 5.10 Å². The molecule has 0 atom stereocenters. The molecule has 6 heteroatoms. The van der Waals surface area contributed by atoms with Crippen LogP contribution in [0, 0.1) is 6.92 Å². The number of hydrogen-bond acceptors (Lipinski definition) is 2. The van der Waals surface area contributed by atoms with Gasteiger partial charge in [-0.3, -0.25) is 9.48 Å². The van der Waals surface area contributed by atoms with Crippen molar-refractivity contribution in [2.75, 3.05) is 5.32 Å². The number of halogens is 2. The predicted molar refractivity (Wildman–Crippen MR) is 75.1 cm³/mol. The summed E-state index contributed by atoms with van der Waals surface area (Å²) in [5.41, 5.74) is 1.35. The van der Waals surface area contributed by atoms with E-state index in [4.69, 9.17) is 11.6 Å². The second-order valence-electron chi connectivity index (χ2n) is 3.88. The van der Waals surface area contributed by atoms with E-state index in [-0.39, 0.29) is 5.91 Å². The van der Waals surface area contributed by atoms with E-state index >= 15 is 0 Å². The fourth-order valence-corrected chi connectivity index (χ4v) is 1.98. The predicted octanol–water partition coefficient (Wildman–Crippen LogP) is 3.40. The van der Waals surface area contributed by atoms with Crippen molar-refractivity contribution in [3.8, 4) is 0 Å². The Bertz CT molecular complexity index is 609. The van der Waals surface area contributed by atoms with Crippen LogP contribution in [0.5, 0.6) is 0 Å². The van der Waals surface area contributed by atoms with Crippen LogP contribution in [-0.4, -0.2) is 15.7 Å². The molecule has 0 radical (unpaired) electrons. The molecule has 0 aliphatic carbocycles. The summed E-state index contributed by atoms with van der Waals surface area (Å²) in [5.74, 6) is 0.434. The Hall–Kier alpha value is -1.33. The molecular formula is C12H11BrClN3O. The van der Waals surface area contributed by atoms with Crippen molar-refractivity contribution >= 4 is 39.3 Å². The van der Waals surface area contributed by atoms with Gasteiger partial charge in [-0.25, -0.2) is 0 Å². The van der Waals surface area contributed by atoms with Gasteiger partial charge in [0.25, 0.3) is 5.91 Å². The SMILES string of the molecule is Cc1cc(NC(=O)c2ccc(Br)c(Cl)c2)n(C)n1. The van der Waals surface area contributed by atoms with Gasteiger partial charge >= 0.3 is 0 Å². The summed E-state index contributed by atoms with van der Waals surface area (Å²) < 4.78 is 2.38. The summed E-state index contributed by atoms with van der Waals surface area (Å²) in [7, 11) is 1.77. The molecule has 94 valence electrons. The lowest BCUT2D eigenvalue weighted by Crippen LogP contribution is -2.14. The van der Waals surface area contributed by atoms with Crippen molar-refractivity contribution in [3.63, 3.8) is 0 Å². The topological polar surface area (TPSA) is 46.9 Å². The van der Waals surface area contributed by atoms with Crippen molar-refractivity contribution in [2.45, 2.75) is 6.92 Å². The summed E-state index contributed by atoms with van der Waals surface area (Å²) in [6, 6.07) is 6.86. The maximum atomic E-state index is 12.0. The molecule has 18 heavy (non-hydrogen) atoms. The Balaban J connectivity index is 2.22. The van der Waals surface area contributed by atoms with E-state index in [0.717, 1.165) is 10.2 Å². The third kappa shape index (κ3) is 2.73. The number of carbonyl (C=O) groups is 1. The van der Waals surface area contributed by atoms with Crippen LogP contribution < -0.4 is 5.32 Å². The molecule has 0 unspecified atom stereocenters. The van der Waals surface area contributed by atoms with Gasteiger partial charge in [-0.05, 0) is 41.1 Å². The number of nitrogens with one attached hydrogen (secondary N) is 1. The van der Waals surface area contributed by atoms with Crippen molar-refractivity contribution in [3.05, 3.63) is 45.0 Å². The Morgan fingerprint density at radius 1 is 1.44 bits per heavy atom. The number of hydrogen-bond donors (Lipinski definition) is 1. The van der Waals surface area contributed by atoms with Gasteiger partial charge in [0.2, 0.25) is 0 Å². The lowest BCUT2D eigenvalue weighted by Gasteiger charge is -2.06. The lowest BCUT2D eigenvalue weighted by molar-refractivity contribution is 0.102. The van der Waals surface area contributed by atoms with Crippen LogP contribution in [0.4, 0.5) is 5.82 Å². The van der Waals surface area contributed by atoms with E-state index in [1.54, 1.807) is 36.0 Å². The van der Waals surface area contributed by atoms with Crippen molar-refractivity contribution in [1.82, 2.24) is 9.78 Å². The number of carbonyl (C=O) groups excluding carboxylic acids is 1. The molecule has 0 saturated carbocycles. The zero-order valence-corrected chi connectivity index (χ0v) is 12.2. The van der Waals surface area contributed by atoms with Gasteiger partial charge in [-0.15, -0.1) is 0 Å². The van der Waals surface area contributed by atoms with E-state index in [1.807, 2.05) is 6.92 Å². The number of anilines is 1. The lowest BCUT2D eigenvalue weighted by atomic mass is 10.2. The molecular weight excluding hydrogens is 318 g/mol. The molecule has 1 amide bonds. The van der Waals surface area contributed by atoms with Crippen molar-refractivity contribution in [2.24, 2.45) is 7.05 Å². The van der Waals surface area contributed by atoms with E-state index in [1.165, 1.54) is 0 Å². The van der Waals surface area contributed by atoms with Crippen LogP contribution in [0.25, 0.3) is 0 Å². The Kier molecular flexibility index (Phi) is 3.73. The first-order valence-corrected chi connectivity index (χ1v) is 6.41. The molecule has 4 nitrogen and oxygen atoms in total. The number of benzene rings is 1. The number of aromatic nitrogens is 2. The van der Waals surface area contributed by atoms with Crippen LogP contribution in [0.2, 0.25) is 5.02 Å². The molecule has 0 aliphatic heterocycles. The zero-order chi connectivity index (χ0) is 13.3. The van der Waals surface area contributed by atoms with Gasteiger partial charge < -0.3 is 5.32 Å². The quantitative estimate of drug-likeness (QED) is 0.918. The molecule has 1 N–H and O–H groups in total. The molecule has 1 aromatic heterocycles. The largest absolute Gasteiger partial charge is 0.307 e. The molecule has 2 aromatic rings. The number of rotatable bonds is 2. The van der Waals surface area contributed by atoms with Crippen molar-refractivity contribution in [1.29, 1.82) is 0 Å². The fourth-order valence-electron chi connectivity index (χ4n) is 1.55. The van der Waals surface area contributed by atoms with Gasteiger partial charge in [0.05, 0.1) is 10.7 Å². The molecule has 0 saturated heterocycles. The summed E-state index contributed by atoms with van der Waals surface area (Å²) >= 11 is 9.23. The smallest absolute Gasteiger partial charge is 0.256 e. The summed E-state index contributed by atoms with van der Waals surface area (Å²) in [4.78, 5) is 12.0. The van der Waals surface area contributed by atoms with E-state index < -0.39 is 0 Å². The van der Waals surface area contributed by atoms with Crippen LogP contribution in [0.3, 0.4) is 0 Å². The molecule has 1 heterocycles. The number of aryl methyl sites for hydroxylation is 2. The summed E-state index contributed by atoms with van der Waals surface area (Å²) in [5, 5.41) is 7.44. The average molecular weight is 329 g/mol. The Morgan fingerprint density at radius 2 is 2.17 bits per heavy atom. The monoisotopic (exact) mass is 327 g/mol. The minimum absolute atomic E-state index is 0.215. The third-order valence-corrected chi connectivity index (χ3v) is 3.66. The van der Waals surface area contributed by atoms with Gasteiger partial charge in [0.15, 0.2) is 0 Å². The van der Waals surface area contributed by atoms with Crippen LogP contribution in [-0.2, 0) is 7.05 Å². The third-order valence-electron chi connectivity index (χ3n) is 2.43. The van der Waals surface area contributed by atoms with Crippen LogP contribution >= 0.6 is 27.5 Å². The molecule has 0 bridgehead atoms. The minimum Gasteiger partial charge on any atom is -0.307 e. The highest BCUT2D eigenvalue weighted by Gasteiger charge is 2.10. The first-order valence-electron chi connectivity index (χ1n) is 5.24. The van der Waals surface area contributed by atoms with Gasteiger partial charge in [0.1, 0.15) is 5.82 Å². The molecule has 0 fully saturated rings. The fraction of sp³-hybridized carbons (Fsp3) is 0.167. The van der Waals surface area contributed by atoms with E-state index in [9.17, 15) is 4.79 Å². The molecule has 0 aliphatic rings. The second kappa shape index (κ2) is 5.12. The molecule has 1 aromatic carbocycles. The summed E-state index contributed by atoms with van der Waals surface area (Å²) in [6.45, 7) is 1.87. The Morgan fingerprint density at radius 3 is 2.72 bits per heavy atom. The highest BCUT2D eigenvalue weighted by Crippen LogP contribution is 2.23. The summed E-state index contributed by atoms with van der Waals surface area (Å²) in [6.07, 6.45) is 0. The number of amides is 1. The minimum atomic E-state index is -0.215. The highest BCUT2D eigenvalue weighted by atomic mass is 79.9. The normalized spacial score (nSPS) is 10.4. The van der Waals surface area contributed by atoms with E-state index in [0.29, 0.717) is 16.4 Å². The maximum absolute atomic E-state index is 12.0.